The third-order valence-electron chi connectivity index (χ3n) is 5.87. The normalized spacial score (nSPS) is 15.2. The molecule has 0 amide bonds. The minimum Gasteiger partial charge on any atom is -0.457 e. The third-order valence-corrected chi connectivity index (χ3v) is 5.87. The summed E-state index contributed by atoms with van der Waals surface area (Å²) in [5, 5.41) is 13.9. The van der Waals surface area contributed by atoms with Crippen LogP contribution in [0.4, 0.5) is 14.5 Å². The number of fused-ring (bicyclic) bond motifs is 1. The molecule has 0 bridgehead atoms. The lowest BCUT2D eigenvalue weighted by molar-refractivity contribution is 0.0534. The van der Waals surface area contributed by atoms with Crippen LogP contribution in [0.3, 0.4) is 0 Å². The lowest BCUT2D eigenvalue weighted by Gasteiger charge is -2.26. The number of anilines is 1. The van der Waals surface area contributed by atoms with E-state index in [1.165, 1.54) is 12.3 Å². The van der Waals surface area contributed by atoms with E-state index < -0.39 is 12.1 Å². The Hall–Kier alpha value is -3.41. The Labute approximate surface area is 202 Å². The molecule has 1 aromatic heterocycles. The summed E-state index contributed by atoms with van der Waals surface area (Å²) >= 11 is 0. The molecule has 2 heterocycles. The molecule has 3 rings (SSSR count). The summed E-state index contributed by atoms with van der Waals surface area (Å²) < 4.78 is 30.8. The van der Waals surface area contributed by atoms with Crippen molar-refractivity contribution < 1.29 is 18.3 Å². The molecule has 5 N–H and O–H groups in total. The van der Waals surface area contributed by atoms with Gasteiger partial charge >= 0.3 is 12.5 Å². The molecule has 35 heavy (non-hydrogen) atoms. The van der Waals surface area contributed by atoms with Crippen molar-refractivity contribution in [2.75, 3.05) is 25.5 Å². The number of cyclic esters (lactones) is 1. The zero-order valence-corrected chi connectivity index (χ0v) is 19.8. The second-order valence-corrected chi connectivity index (χ2v) is 8.52. The summed E-state index contributed by atoms with van der Waals surface area (Å²) in [6.45, 7) is 2.23. The number of hydrogen-bond donors (Lipinski definition) is 4. The van der Waals surface area contributed by atoms with Crippen molar-refractivity contribution in [3.8, 4) is 0 Å². The maximum Gasteiger partial charge on any atom is 0.338 e. The van der Waals surface area contributed by atoms with Crippen LogP contribution in [0.2, 0.25) is 0 Å². The van der Waals surface area contributed by atoms with Gasteiger partial charge in [-0.25, -0.2) is 4.79 Å². The maximum atomic E-state index is 12.7. The summed E-state index contributed by atoms with van der Waals surface area (Å²) in [7, 11) is 1.86. The number of nitrogens with one attached hydrogen (secondary N) is 3. The number of benzene rings is 1. The SMILES string of the molecule is Cc1c([C@H](C)N[C@@H](N)CN(C)C/C(C=N)=C/Nc2ccn(C(F)F)c(=O)c2)ccc2c1COC2=O. The number of nitrogens with two attached hydrogens (primary N) is 1. The number of ether oxygens (including phenoxy) is 1. The minimum absolute atomic E-state index is 0.0609. The highest BCUT2D eigenvalue weighted by atomic mass is 19.3. The van der Waals surface area contributed by atoms with Crippen molar-refractivity contribution in [3.05, 3.63) is 74.8 Å². The van der Waals surface area contributed by atoms with Crippen molar-refractivity contribution in [2.24, 2.45) is 5.73 Å². The molecule has 0 radical (unpaired) electrons. The molecule has 0 spiro atoms. The highest BCUT2D eigenvalue weighted by Crippen LogP contribution is 2.29. The molecule has 0 saturated carbocycles. The number of pyridine rings is 1. The van der Waals surface area contributed by atoms with Crippen LogP contribution in [-0.2, 0) is 11.3 Å². The first-order valence-corrected chi connectivity index (χ1v) is 11.1. The van der Waals surface area contributed by atoms with Crippen LogP contribution in [0, 0.1) is 12.3 Å². The Bertz CT molecular complexity index is 1180. The van der Waals surface area contributed by atoms with Gasteiger partial charge in [0.05, 0.1) is 11.7 Å². The number of alkyl halides is 2. The second-order valence-electron chi connectivity index (χ2n) is 8.52. The Morgan fingerprint density at radius 3 is 2.74 bits per heavy atom. The van der Waals surface area contributed by atoms with E-state index >= 15 is 0 Å². The maximum absolute atomic E-state index is 12.7. The van der Waals surface area contributed by atoms with Crippen molar-refractivity contribution in [1.82, 2.24) is 14.8 Å². The van der Waals surface area contributed by atoms with E-state index in [2.05, 4.69) is 10.6 Å². The molecule has 1 aliphatic heterocycles. The van der Waals surface area contributed by atoms with Crippen LogP contribution in [0.25, 0.3) is 0 Å². The van der Waals surface area contributed by atoms with Crippen molar-refractivity contribution in [3.63, 3.8) is 0 Å². The highest BCUT2D eigenvalue weighted by Gasteiger charge is 2.25. The topological polar surface area (TPSA) is 125 Å². The number of likely N-dealkylation sites (N-methyl/N-ethyl adjacent to an activating group) is 1. The van der Waals surface area contributed by atoms with Crippen LogP contribution >= 0.6 is 0 Å². The van der Waals surface area contributed by atoms with Crippen LogP contribution < -0.4 is 21.9 Å². The molecule has 11 heteroatoms. The van der Waals surface area contributed by atoms with E-state index in [1.54, 1.807) is 12.3 Å². The van der Waals surface area contributed by atoms with Gasteiger partial charge in [-0.05, 0) is 49.7 Å². The summed E-state index contributed by atoms with van der Waals surface area (Å²) in [5.74, 6) is -0.296. The average molecular weight is 489 g/mol. The summed E-state index contributed by atoms with van der Waals surface area (Å²) in [6.07, 6.45) is 3.35. The van der Waals surface area contributed by atoms with Gasteiger partial charge in [0.2, 0.25) is 0 Å². The van der Waals surface area contributed by atoms with E-state index in [4.69, 9.17) is 15.9 Å². The van der Waals surface area contributed by atoms with E-state index in [0.717, 1.165) is 29.0 Å². The van der Waals surface area contributed by atoms with Gasteiger partial charge < -0.3 is 21.2 Å². The third kappa shape index (κ3) is 6.38. The number of rotatable bonds is 11. The monoisotopic (exact) mass is 488 g/mol. The smallest absolute Gasteiger partial charge is 0.338 e. The lowest BCUT2D eigenvalue weighted by atomic mass is 9.94. The molecule has 188 valence electrons. The molecule has 1 aliphatic rings. The first kappa shape index (κ1) is 26.2. The molecular formula is C24H30F2N6O3. The molecule has 0 aliphatic carbocycles. The molecule has 0 fully saturated rings. The molecule has 2 aromatic rings. The Kier molecular flexibility index (Phi) is 8.49. The van der Waals surface area contributed by atoms with E-state index in [9.17, 15) is 18.4 Å². The van der Waals surface area contributed by atoms with Crippen molar-refractivity contribution in [1.29, 1.82) is 5.41 Å². The standard InChI is InChI=1S/C24H30F2N6O3/c1-14-18(4-5-19-20(14)13-35-23(19)34)15(2)30-21(28)12-31(3)11-16(9-27)10-29-17-6-7-32(24(25)26)22(33)8-17/h4-10,15,21,24,27,29-30H,11-13,28H2,1-3H3/b16-10+,27-9?/t15-,21+/m0/s1. The largest absolute Gasteiger partial charge is 0.457 e. The number of carbonyl (C=O) groups is 1. The fraction of sp³-hybridized carbons (Fsp3) is 0.375. The Morgan fingerprint density at radius 1 is 1.34 bits per heavy atom. The molecule has 9 nitrogen and oxygen atoms in total. The predicted octanol–water partition coefficient (Wildman–Crippen LogP) is 2.73. The van der Waals surface area contributed by atoms with Crippen LogP contribution in [0.5, 0.6) is 0 Å². The first-order chi connectivity index (χ1) is 16.6. The molecule has 0 unspecified atom stereocenters. The number of nitrogens with zero attached hydrogens (tertiary/aromatic N) is 2. The first-order valence-electron chi connectivity index (χ1n) is 11.1. The van der Waals surface area contributed by atoms with Crippen LogP contribution in [-0.4, -0.2) is 48.0 Å². The van der Waals surface area contributed by atoms with Gasteiger partial charge in [-0.1, -0.05) is 6.07 Å². The quantitative estimate of drug-likeness (QED) is 0.218. The highest BCUT2D eigenvalue weighted by molar-refractivity contribution is 5.94. The van der Waals surface area contributed by atoms with Gasteiger partial charge in [-0.15, -0.1) is 0 Å². The molecule has 2 atom stereocenters. The fourth-order valence-electron chi connectivity index (χ4n) is 4.06. The summed E-state index contributed by atoms with van der Waals surface area (Å²) in [6, 6.07) is 6.06. The van der Waals surface area contributed by atoms with Crippen molar-refractivity contribution in [2.45, 2.75) is 39.2 Å². The predicted molar refractivity (Wildman–Crippen MR) is 130 cm³/mol. The van der Waals surface area contributed by atoms with Crippen LogP contribution in [0.15, 0.2) is 47.0 Å². The number of hydrogen-bond acceptors (Lipinski definition) is 8. The van der Waals surface area contributed by atoms with Gasteiger partial charge in [0.15, 0.2) is 0 Å². The second kappa shape index (κ2) is 11.3. The minimum atomic E-state index is -2.90. The van der Waals surface area contributed by atoms with E-state index in [0.29, 0.717) is 34.5 Å². The molecular weight excluding hydrogens is 458 g/mol. The number of esters is 1. The van der Waals surface area contributed by atoms with Gasteiger partial charge in [0, 0.05) is 55.1 Å². The Balaban J connectivity index is 1.55. The van der Waals surface area contributed by atoms with Crippen LogP contribution in [0.1, 0.15) is 46.6 Å². The number of aromatic nitrogens is 1. The van der Waals surface area contributed by atoms with E-state index in [1.807, 2.05) is 31.9 Å². The van der Waals surface area contributed by atoms with Gasteiger partial charge in [-0.2, -0.15) is 8.78 Å². The van der Waals surface area contributed by atoms with E-state index in [-0.39, 0.29) is 24.8 Å². The zero-order chi connectivity index (χ0) is 25.7. The summed E-state index contributed by atoms with van der Waals surface area (Å²) in [5.41, 5.74) is 10.0. The summed E-state index contributed by atoms with van der Waals surface area (Å²) in [4.78, 5) is 25.4. The molecule has 1 aromatic carbocycles. The average Bonchev–Trinajstić information content (AvgIpc) is 3.17. The fourth-order valence-corrected chi connectivity index (χ4v) is 4.06. The number of carbonyl (C=O) groups excluding carboxylic acids is 1. The van der Waals surface area contributed by atoms with Gasteiger partial charge in [-0.3, -0.25) is 19.6 Å². The Morgan fingerprint density at radius 2 is 2.09 bits per heavy atom. The van der Waals surface area contributed by atoms with Gasteiger partial charge in [0.25, 0.3) is 5.56 Å². The lowest BCUT2D eigenvalue weighted by Crippen LogP contribution is -2.47. The van der Waals surface area contributed by atoms with Crippen molar-refractivity contribution >= 4 is 17.9 Å². The number of halogens is 2. The molecule has 0 saturated heterocycles. The van der Waals surface area contributed by atoms with Gasteiger partial charge in [0.1, 0.15) is 6.61 Å². The zero-order valence-electron chi connectivity index (χ0n) is 19.8.